The Morgan fingerprint density at radius 2 is 2.23 bits per heavy atom. The molecule has 0 radical (unpaired) electrons. The van der Waals surface area contributed by atoms with Gasteiger partial charge >= 0.3 is 0 Å². The van der Waals surface area contributed by atoms with Crippen LogP contribution in [0.3, 0.4) is 0 Å². The minimum absolute atomic E-state index is 0.00455. The van der Waals surface area contributed by atoms with Crippen molar-refractivity contribution in [3.63, 3.8) is 0 Å². The summed E-state index contributed by atoms with van der Waals surface area (Å²) in [5.74, 6) is 0.814. The molecule has 1 spiro atoms. The predicted molar refractivity (Wildman–Crippen MR) is 82.1 cm³/mol. The monoisotopic (exact) mass is 300 g/mol. The standard InChI is InChI=1S/C19H24O3/c1-11-16-13(5-7-15(16)20)14-6-4-12-10-18(21-3)9-8-17(12,2)19(11,14)22-18/h6,12-13,16H,1,4-5,7-10H2,2-3H3/t12?,13?,16?,17-,18?,19+/m0/s1. The first-order chi connectivity index (χ1) is 10.5. The molecule has 0 aromatic carbocycles. The summed E-state index contributed by atoms with van der Waals surface area (Å²) >= 11 is 0. The lowest BCUT2D eigenvalue weighted by Gasteiger charge is -2.67. The van der Waals surface area contributed by atoms with Crippen LogP contribution >= 0.6 is 0 Å². The van der Waals surface area contributed by atoms with Gasteiger partial charge in [-0.1, -0.05) is 19.6 Å². The Morgan fingerprint density at radius 1 is 1.41 bits per heavy atom. The first-order valence-electron chi connectivity index (χ1n) is 8.65. The highest BCUT2D eigenvalue weighted by Crippen LogP contribution is 2.73. The average molecular weight is 300 g/mol. The molecule has 5 fully saturated rings. The fourth-order valence-corrected chi connectivity index (χ4v) is 6.55. The number of methoxy groups -OCH3 is 1. The number of allylic oxidation sites excluding steroid dienone is 1. The zero-order valence-corrected chi connectivity index (χ0v) is 13.5. The number of hydrogen-bond acceptors (Lipinski definition) is 3. The predicted octanol–water partition coefficient (Wildman–Crippen LogP) is 3.40. The molecule has 6 atom stereocenters. The van der Waals surface area contributed by atoms with Crippen LogP contribution in [0.4, 0.5) is 0 Å². The number of carbonyl (C=O) groups is 1. The molecule has 4 unspecified atom stereocenters. The smallest absolute Gasteiger partial charge is 0.169 e. The first kappa shape index (κ1) is 13.5. The van der Waals surface area contributed by atoms with E-state index in [0.717, 1.165) is 37.7 Å². The molecule has 4 bridgehead atoms. The van der Waals surface area contributed by atoms with Crippen LogP contribution in [0.5, 0.6) is 0 Å². The van der Waals surface area contributed by atoms with Crippen molar-refractivity contribution in [3.8, 4) is 0 Å². The third kappa shape index (κ3) is 1.17. The van der Waals surface area contributed by atoms with Crippen LogP contribution in [0, 0.1) is 23.2 Å². The lowest BCUT2D eigenvalue weighted by molar-refractivity contribution is -0.367. The quantitative estimate of drug-likeness (QED) is 0.696. The molecule has 0 amide bonds. The fourth-order valence-electron chi connectivity index (χ4n) is 6.55. The van der Waals surface area contributed by atoms with Gasteiger partial charge in [0.15, 0.2) is 5.79 Å². The maximum absolute atomic E-state index is 12.5. The van der Waals surface area contributed by atoms with Gasteiger partial charge in [-0.3, -0.25) is 4.79 Å². The van der Waals surface area contributed by atoms with Gasteiger partial charge in [0.1, 0.15) is 11.4 Å². The third-order valence-corrected chi connectivity index (χ3v) is 7.71. The van der Waals surface area contributed by atoms with Gasteiger partial charge in [0.25, 0.3) is 0 Å². The van der Waals surface area contributed by atoms with E-state index in [4.69, 9.17) is 9.47 Å². The van der Waals surface area contributed by atoms with Gasteiger partial charge < -0.3 is 9.47 Å². The Balaban J connectivity index is 1.74. The molecule has 3 saturated carbocycles. The Kier molecular flexibility index (Phi) is 2.31. The number of fused-ring (bicyclic) bond motifs is 3. The number of ether oxygens (including phenoxy) is 2. The second-order valence-electron chi connectivity index (χ2n) is 8.23. The summed E-state index contributed by atoms with van der Waals surface area (Å²) in [5, 5.41) is 0. The summed E-state index contributed by atoms with van der Waals surface area (Å²) in [4.78, 5) is 12.5. The third-order valence-electron chi connectivity index (χ3n) is 7.71. The lowest BCUT2D eigenvalue weighted by Crippen LogP contribution is -2.69. The second kappa shape index (κ2) is 3.76. The zero-order valence-electron chi connectivity index (χ0n) is 13.5. The van der Waals surface area contributed by atoms with Crippen LogP contribution in [0.15, 0.2) is 23.8 Å². The van der Waals surface area contributed by atoms with Gasteiger partial charge in [-0.2, -0.15) is 0 Å². The SMILES string of the molecule is C=C1C2C(=O)CCC2C2=CCC3CC4(OC)CC[C@]3(C)[C@@]12O4. The van der Waals surface area contributed by atoms with E-state index in [0.29, 0.717) is 24.0 Å². The summed E-state index contributed by atoms with van der Waals surface area (Å²) in [6.07, 6.45) is 8.22. The van der Waals surface area contributed by atoms with Crippen LogP contribution < -0.4 is 0 Å². The number of Topliss-reactive ketones (excluding diaryl/α,β-unsaturated/α-hetero) is 1. The van der Waals surface area contributed by atoms with E-state index in [-0.39, 0.29) is 11.3 Å². The molecule has 0 aromatic rings. The molecule has 3 nitrogen and oxygen atoms in total. The molecule has 6 aliphatic rings. The van der Waals surface area contributed by atoms with E-state index in [1.807, 2.05) is 0 Å². The van der Waals surface area contributed by atoms with Gasteiger partial charge in [0.05, 0.1) is 0 Å². The van der Waals surface area contributed by atoms with Gasteiger partial charge in [0, 0.05) is 37.7 Å². The van der Waals surface area contributed by atoms with Crippen molar-refractivity contribution in [1.82, 2.24) is 0 Å². The molecule has 0 N–H and O–H groups in total. The summed E-state index contributed by atoms with van der Waals surface area (Å²) in [5.41, 5.74) is 2.06. The summed E-state index contributed by atoms with van der Waals surface area (Å²) < 4.78 is 12.6. The van der Waals surface area contributed by atoms with E-state index >= 15 is 0 Å². The Hall–Kier alpha value is -0.930. The number of rotatable bonds is 1. The van der Waals surface area contributed by atoms with E-state index < -0.39 is 11.4 Å². The molecule has 2 heterocycles. The van der Waals surface area contributed by atoms with Crippen molar-refractivity contribution in [3.05, 3.63) is 23.8 Å². The van der Waals surface area contributed by atoms with Crippen LogP contribution in [-0.2, 0) is 14.3 Å². The van der Waals surface area contributed by atoms with Gasteiger partial charge in [-0.05, 0) is 42.2 Å². The van der Waals surface area contributed by atoms with Crippen LogP contribution in [-0.4, -0.2) is 24.3 Å². The van der Waals surface area contributed by atoms with Crippen molar-refractivity contribution in [1.29, 1.82) is 0 Å². The van der Waals surface area contributed by atoms with Crippen molar-refractivity contribution in [2.75, 3.05) is 7.11 Å². The highest BCUT2D eigenvalue weighted by Gasteiger charge is 2.74. The minimum atomic E-state index is -0.466. The first-order valence-corrected chi connectivity index (χ1v) is 8.65. The Morgan fingerprint density at radius 3 is 3.00 bits per heavy atom. The zero-order chi connectivity index (χ0) is 15.3. The van der Waals surface area contributed by atoms with Gasteiger partial charge in [-0.15, -0.1) is 0 Å². The van der Waals surface area contributed by atoms with Crippen LogP contribution in [0.25, 0.3) is 0 Å². The molecule has 6 rings (SSSR count). The molecule has 2 aliphatic heterocycles. The molecular weight excluding hydrogens is 276 g/mol. The largest absolute Gasteiger partial charge is 0.353 e. The molecule has 0 aromatic heterocycles. The highest BCUT2D eigenvalue weighted by atomic mass is 16.7. The Bertz CT molecular complexity index is 635. The number of carbonyl (C=O) groups excluding carboxylic acids is 1. The van der Waals surface area contributed by atoms with Crippen LogP contribution in [0.2, 0.25) is 0 Å². The van der Waals surface area contributed by atoms with Gasteiger partial charge in [-0.25, -0.2) is 0 Å². The number of hydrogen-bond donors (Lipinski definition) is 0. The fraction of sp³-hybridized carbons (Fsp3) is 0.737. The van der Waals surface area contributed by atoms with E-state index in [1.54, 1.807) is 7.11 Å². The molecular formula is C19H24O3. The summed E-state index contributed by atoms with van der Waals surface area (Å²) in [6, 6.07) is 0. The lowest BCUT2D eigenvalue weighted by atomic mass is 9.49. The topological polar surface area (TPSA) is 35.5 Å². The average Bonchev–Trinajstić information content (AvgIpc) is 2.97. The minimum Gasteiger partial charge on any atom is -0.353 e. The molecule has 118 valence electrons. The molecule has 2 saturated heterocycles. The molecule has 3 heteroatoms. The maximum atomic E-state index is 12.5. The van der Waals surface area contributed by atoms with E-state index in [1.165, 1.54) is 5.57 Å². The van der Waals surface area contributed by atoms with Crippen molar-refractivity contribution < 1.29 is 14.3 Å². The highest BCUT2D eigenvalue weighted by molar-refractivity contribution is 5.89. The second-order valence-corrected chi connectivity index (χ2v) is 8.23. The van der Waals surface area contributed by atoms with Gasteiger partial charge in [0.2, 0.25) is 0 Å². The number of ketones is 1. The summed E-state index contributed by atoms with van der Waals surface area (Å²) in [7, 11) is 1.77. The van der Waals surface area contributed by atoms with Crippen molar-refractivity contribution in [2.24, 2.45) is 23.2 Å². The van der Waals surface area contributed by atoms with Crippen molar-refractivity contribution >= 4 is 5.78 Å². The summed E-state index contributed by atoms with van der Waals surface area (Å²) in [6.45, 7) is 6.81. The normalized spacial score (nSPS) is 55.2. The maximum Gasteiger partial charge on any atom is 0.169 e. The van der Waals surface area contributed by atoms with E-state index in [9.17, 15) is 4.79 Å². The molecule has 4 aliphatic carbocycles. The van der Waals surface area contributed by atoms with E-state index in [2.05, 4.69) is 19.6 Å². The Labute approximate surface area is 131 Å². The molecule has 22 heavy (non-hydrogen) atoms. The van der Waals surface area contributed by atoms with Crippen molar-refractivity contribution in [2.45, 2.75) is 56.8 Å². The van der Waals surface area contributed by atoms with Crippen LogP contribution in [0.1, 0.15) is 45.4 Å².